The van der Waals surface area contributed by atoms with Gasteiger partial charge in [-0.25, -0.2) is 13.8 Å². The molecular weight excluding hydrogens is 297 g/mol. The summed E-state index contributed by atoms with van der Waals surface area (Å²) >= 11 is 0. The third-order valence-corrected chi connectivity index (χ3v) is 1.76. The zero-order valence-corrected chi connectivity index (χ0v) is 8.41. The Balaban J connectivity index is 3.54. The van der Waals surface area contributed by atoms with Crippen LogP contribution in [0.2, 0.25) is 0 Å². The number of hydrogen-bond acceptors (Lipinski definition) is 2. The van der Waals surface area contributed by atoms with Gasteiger partial charge in [0.25, 0.3) is 12.4 Å². The predicted molar refractivity (Wildman–Crippen MR) is 40.8 cm³/mol. The van der Waals surface area contributed by atoms with E-state index in [1.54, 1.807) is 0 Å². The highest BCUT2D eigenvalue weighted by Crippen LogP contribution is 2.44. The van der Waals surface area contributed by atoms with Crippen molar-refractivity contribution >= 4 is 0 Å². The number of nitrogens with zero attached hydrogens (tertiary/aromatic N) is 1. The molecule has 1 aromatic rings. The van der Waals surface area contributed by atoms with Crippen LogP contribution in [0.3, 0.4) is 0 Å². The number of rotatable bonds is 2. The molecule has 2 nitrogen and oxygen atoms in total. The maximum atomic E-state index is 12.9. The first-order valence-electron chi connectivity index (χ1n) is 4.23. The Hall–Kier alpha value is -1.68. The predicted octanol–water partition coefficient (Wildman–Crippen LogP) is 4.08. The molecular formula is C8H2F9NO. The number of ether oxygens (including phenoxy) is 1. The quantitative estimate of drug-likeness (QED) is 0.606. The minimum atomic E-state index is -5.69. The minimum Gasteiger partial charge on any atom is -0.400 e. The first kappa shape index (κ1) is 15.4. The van der Waals surface area contributed by atoms with Gasteiger partial charge in [-0.15, -0.1) is 13.2 Å². The van der Waals surface area contributed by atoms with Crippen molar-refractivity contribution in [2.24, 2.45) is 0 Å². The monoisotopic (exact) mass is 299 g/mol. The first-order chi connectivity index (χ1) is 8.43. The van der Waals surface area contributed by atoms with E-state index in [-0.39, 0.29) is 6.20 Å². The average Bonchev–Trinajstić information content (AvgIpc) is 2.16. The fourth-order valence-electron chi connectivity index (χ4n) is 1.15. The molecule has 0 bridgehead atoms. The van der Waals surface area contributed by atoms with Crippen LogP contribution >= 0.6 is 0 Å². The molecule has 1 heterocycles. The number of pyridine rings is 1. The zero-order valence-electron chi connectivity index (χ0n) is 8.41. The summed E-state index contributed by atoms with van der Waals surface area (Å²) in [4.78, 5) is 2.39. The van der Waals surface area contributed by atoms with Crippen molar-refractivity contribution in [1.82, 2.24) is 4.98 Å². The van der Waals surface area contributed by atoms with Crippen molar-refractivity contribution in [2.75, 3.05) is 0 Å². The van der Waals surface area contributed by atoms with E-state index in [0.717, 1.165) is 0 Å². The Morgan fingerprint density at radius 2 is 1.58 bits per heavy atom. The van der Waals surface area contributed by atoms with Crippen molar-refractivity contribution in [2.45, 2.75) is 19.0 Å². The maximum Gasteiger partial charge on any atom is 0.573 e. The topological polar surface area (TPSA) is 22.1 Å². The SMILES string of the molecule is Fc1ncc(C(F)F)c(C(F)(F)F)c1OC(F)(F)F. The fourth-order valence-corrected chi connectivity index (χ4v) is 1.15. The molecule has 0 unspecified atom stereocenters. The van der Waals surface area contributed by atoms with Crippen molar-refractivity contribution in [1.29, 1.82) is 0 Å². The van der Waals surface area contributed by atoms with E-state index >= 15 is 0 Å². The Bertz CT molecular complexity index is 465. The Morgan fingerprint density at radius 1 is 1.05 bits per heavy atom. The van der Waals surface area contributed by atoms with Crippen LogP contribution in [0.4, 0.5) is 39.5 Å². The Morgan fingerprint density at radius 3 is 1.95 bits per heavy atom. The van der Waals surface area contributed by atoms with Gasteiger partial charge in [0.1, 0.15) is 5.56 Å². The van der Waals surface area contributed by atoms with Crippen LogP contribution in [0, 0.1) is 5.95 Å². The summed E-state index contributed by atoms with van der Waals surface area (Å²) < 4.78 is 113. The van der Waals surface area contributed by atoms with Crippen molar-refractivity contribution < 1.29 is 44.3 Å². The molecule has 0 aromatic carbocycles. The van der Waals surface area contributed by atoms with Crippen LogP contribution in [0.25, 0.3) is 0 Å². The van der Waals surface area contributed by atoms with Gasteiger partial charge < -0.3 is 4.74 Å². The van der Waals surface area contributed by atoms with E-state index in [1.807, 2.05) is 0 Å². The number of alkyl halides is 8. The van der Waals surface area contributed by atoms with E-state index in [2.05, 4.69) is 9.72 Å². The van der Waals surface area contributed by atoms with E-state index in [4.69, 9.17) is 0 Å². The van der Waals surface area contributed by atoms with E-state index in [0.29, 0.717) is 0 Å². The highest BCUT2D eigenvalue weighted by molar-refractivity contribution is 5.41. The van der Waals surface area contributed by atoms with Gasteiger partial charge in [0.05, 0.1) is 5.56 Å². The van der Waals surface area contributed by atoms with Crippen LogP contribution in [0.15, 0.2) is 6.20 Å². The lowest BCUT2D eigenvalue weighted by Gasteiger charge is -2.18. The summed E-state index contributed by atoms with van der Waals surface area (Å²) in [6.07, 6.45) is -15.4. The van der Waals surface area contributed by atoms with Crippen LogP contribution in [-0.2, 0) is 6.18 Å². The minimum absolute atomic E-state index is 0.202. The Labute approximate surface area is 98.3 Å². The van der Waals surface area contributed by atoms with E-state index < -0.39 is 41.8 Å². The second-order valence-corrected chi connectivity index (χ2v) is 3.05. The smallest absolute Gasteiger partial charge is 0.400 e. The molecule has 0 aliphatic carbocycles. The second kappa shape index (κ2) is 4.78. The molecule has 0 saturated carbocycles. The molecule has 0 aliphatic rings. The molecule has 0 atom stereocenters. The average molecular weight is 299 g/mol. The van der Waals surface area contributed by atoms with Gasteiger partial charge >= 0.3 is 12.5 Å². The van der Waals surface area contributed by atoms with Gasteiger partial charge in [0, 0.05) is 6.20 Å². The second-order valence-electron chi connectivity index (χ2n) is 3.05. The molecule has 19 heavy (non-hydrogen) atoms. The molecule has 0 radical (unpaired) electrons. The molecule has 0 fully saturated rings. The summed E-state index contributed by atoms with van der Waals surface area (Å²) in [6.45, 7) is 0. The normalized spacial score (nSPS) is 12.9. The standard InChI is InChI=1S/C8H2F9NO/c9-5(10)2-1-18-6(11)4(19-8(15,16)17)3(2)7(12,13)14/h1,5H. The lowest BCUT2D eigenvalue weighted by Crippen LogP contribution is -2.23. The van der Waals surface area contributed by atoms with Gasteiger partial charge in [-0.3, -0.25) is 0 Å². The summed E-state index contributed by atoms with van der Waals surface area (Å²) in [6, 6.07) is 0. The molecule has 108 valence electrons. The van der Waals surface area contributed by atoms with Gasteiger partial charge in [-0.1, -0.05) is 0 Å². The molecule has 0 aliphatic heterocycles. The van der Waals surface area contributed by atoms with Gasteiger partial charge in [-0.2, -0.15) is 17.6 Å². The van der Waals surface area contributed by atoms with Gasteiger partial charge in [0.2, 0.25) is 0 Å². The third-order valence-electron chi connectivity index (χ3n) is 1.76. The highest BCUT2D eigenvalue weighted by Gasteiger charge is 2.45. The molecule has 0 amide bonds. The number of halogens is 9. The van der Waals surface area contributed by atoms with Gasteiger partial charge in [0.15, 0.2) is 5.75 Å². The summed E-state index contributed by atoms with van der Waals surface area (Å²) in [5.74, 6) is -4.73. The van der Waals surface area contributed by atoms with Crippen LogP contribution in [-0.4, -0.2) is 11.3 Å². The third kappa shape index (κ3) is 3.64. The van der Waals surface area contributed by atoms with Crippen molar-refractivity contribution in [3.8, 4) is 5.75 Å². The Kier molecular flexibility index (Phi) is 3.87. The summed E-state index contributed by atoms with van der Waals surface area (Å²) in [5, 5.41) is 0. The summed E-state index contributed by atoms with van der Waals surface area (Å²) in [7, 11) is 0. The number of hydrogen-bond donors (Lipinski definition) is 0. The molecule has 0 saturated heterocycles. The molecule has 1 rings (SSSR count). The van der Waals surface area contributed by atoms with Crippen molar-refractivity contribution in [3.63, 3.8) is 0 Å². The van der Waals surface area contributed by atoms with Crippen LogP contribution < -0.4 is 4.74 Å². The maximum absolute atomic E-state index is 12.9. The lowest BCUT2D eigenvalue weighted by molar-refractivity contribution is -0.277. The molecule has 0 N–H and O–H groups in total. The summed E-state index contributed by atoms with van der Waals surface area (Å²) in [5.41, 5.74) is -4.46. The van der Waals surface area contributed by atoms with Crippen molar-refractivity contribution in [3.05, 3.63) is 23.3 Å². The fraction of sp³-hybridized carbons (Fsp3) is 0.375. The zero-order chi connectivity index (χ0) is 15.0. The first-order valence-corrected chi connectivity index (χ1v) is 4.23. The highest BCUT2D eigenvalue weighted by atomic mass is 19.4. The molecule has 0 spiro atoms. The molecule has 1 aromatic heterocycles. The lowest BCUT2D eigenvalue weighted by atomic mass is 10.1. The largest absolute Gasteiger partial charge is 0.573 e. The van der Waals surface area contributed by atoms with Crippen LogP contribution in [0.5, 0.6) is 5.75 Å². The van der Waals surface area contributed by atoms with E-state index in [9.17, 15) is 39.5 Å². The molecule has 11 heteroatoms. The number of aromatic nitrogens is 1. The van der Waals surface area contributed by atoms with E-state index in [1.165, 1.54) is 0 Å². The van der Waals surface area contributed by atoms with Crippen LogP contribution in [0.1, 0.15) is 17.6 Å². The van der Waals surface area contributed by atoms with Gasteiger partial charge in [-0.05, 0) is 0 Å².